The second kappa shape index (κ2) is 9.24. The number of aliphatic imine (C=N–C) groups is 1. The number of hydrogen-bond donors (Lipinski definition) is 4. The molecular weight excluding hydrogens is 330 g/mol. The fourth-order valence-corrected chi connectivity index (χ4v) is 2.80. The van der Waals surface area contributed by atoms with Gasteiger partial charge in [0.2, 0.25) is 0 Å². The van der Waals surface area contributed by atoms with Gasteiger partial charge in [-0.1, -0.05) is 37.0 Å². The van der Waals surface area contributed by atoms with E-state index in [1.165, 1.54) is 31.4 Å². The highest BCUT2D eigenvalue weighted by molar-refractivity contribution is 7.85. The molecule has 9 heteroatoms. The van der Waals surface area contributed by atoms with Crippen LogP contribution in [0.4, 0.5) is 0 Å². The lowest BCUT2D eigenvalue weighted by molar-refractivity contribution is -0.509. The molecule has 1 saturated carbocycles. The Kier molecular flexibility index (Phi) is 7.66. The summed E-state index contributed by atoms with van der Waals surface area (Å²) in [6, 6.07) is 6.22. The van der Waals surface area contributed by atoms with Gasteiger partial charge in [-0.25, -0.2) is 8.42 Å². The molecule has 0 bridgehead atoms. The summed E-state index contributed by atoms with van der Waals surface area (Å²) in [5.74, 6) is 0.327. The average Bonchev–Trinajstić information content (AvgIpc) is 2.47. The molecular formula is C15H25N5O3S. The van der Waals surface area contributed by atoms with Crippen LogP contribution in [0.25, 0.3) is 0 Å². The summed E-state index contributed by atoms with van der Waals surface area (Å²) in [7, 11) is -4.27. The largest absolute Gasteiger partial charge is 0.744 e. The molecule has 0 heterocycles. The van der Waals surface area contributed by atoms with Crippen molar-refractivity contribution in [3.05, 3.63) is 29.8 Å². The van der Waals surface area contributed by atoms with E-state index in [4.69, 9.17) is 17.2 Å². The Morgan fingerprint density at radius 1 is 1.12 bits per heavy atom. The number of rotatable bonds is 2. The van der Waals surface area contributed by atoms with Crippen molar-refractivity contribution in [3.8, 4) is 0 Å². The Morgan fingerprint density at radius 2 is 1.67 bits per heavy atom. The molecule has 0 radical (unpaired) electrons. The first-order chi connectivity index (χ1) is 11.2. The highest BCUT2D eigenvalue weighted by atomic mass is 32.2. The molecule has 1 fully saturated rings. The molecule has 0 atom stereocenters. The Morgan fingerprint density at radius 3 is 2.12 bits per heavy atom. The standard InChI is InChI=1S/C8H17N5.C7H8O3S/c9-7(10)13-8(11)12-6-4-2-1-3-5-6;1-6-2-4-7(5-3-6)11(8,9)10/h6H,1-5H2,(H6,9,10,11,12,13);2-5H,1H3,(H,8,9,10). The Bertz CT molecular complexity index is 674. The molecule has 0 aliphatic heterocycles. The number of nitrogens with zero attached hydrogens (tertiary/aromatic N) is 1. The number of nitrogens with two attached hydrogens (primary N) is 3. The van der Waals surface area contributed by atoms with Gasteiger partial charge in [-0.2, -0.15) is 0 Å². The van der Waals surface area contributed by atoms with Crippen molar-refractivity contribution < 1.29 is 18.0 Å². The minimum absolute atomic E-state index is 0.000749. The molecule has 1 aromatic carbocycles. The van der Waals surface area contributed by atoms with Crippen molar-refractivity contribution >= 4 is 22.0 Å². The van der Waals surface area contributed by atoms with Crippen LogP contribution in [0, 0.1) is 6.92 Å². The maximum absolute atomic E-state index is 10.4. The van der Waals surface area contributed by atoms with E-state index >= 15 is 0 Å². The molecule has 0 aromatic heterocycles. The molecule has 2 rings (SSSR count). The summed E-state index contributed by atoms with van der Waals surface area (Å²) >= 11 is 0. The lowest BCUT2D eigenvalue weighted by Crippen LogP contribution is -2.81. The van der Waals surface area contributed by atoms with Gasteiger partial charge >= 0.3 is 5.96 Å². The summed E-state index contributed by atoms with van der Waals surface area (Å²) in [5.41, 5.74) is 16.9. The first-order valence-electron chi connectivity index (χ1n) is 7.69. The monoisotopic (exact) mass is 355 g/mol. The van der Waals surface area contributed by atoms with Crippen LogP contribution in [0.1, 0.15) is 37.7 Å². The third kappa shape index (κ3) is 7.93. The Balaban J connectivity index is 0.000000243. The second-order valence-electron chi connectivity index (χ2n) is 5.67. The predicted octanol–water partition coefficient (Wildman–Crippen LogP) is -1.11. The number of hydrogen-bond acceptors (Lipinski definition) is 3. The van der Waals surface area contributed by atoms with Gasteiger partial charge in [0, 0.05) is 0 Å². The van der Waals surface area contributed by atoms with Crippen LogP contribution < -0.4 is 22.2 Å². The van der Waals surface area contributed by atoms with E-state index in [0.717, 1.165) is 18.4 Å². The minimum Gasteiger partial charge on any atom is -0.744 e. The fraction of sp³-hybridized carbons (Fsp3) is 0.467. The zero-order valence-corrected chi connectivity index (χ0v) is 14.6. The molecule has 1 aliphatic rings. The van der Waals surface area contributed by atoms with Crippen molar-refractivity contribution in [2.45, 2.75) is 50.0 Å². The summed E-state index contributed by atoms with van der Waals surface area (Å²) in [6.45, 7) is 1.82. The molecule has 1 aromatic rings. The zero-order valence-electron chi connectivity index (χ0n) is 13.7. The van der Waals surface area contributed by atoms with Gasteiger partial charge in [0.15, 0.2) is 0 Å². The van der Waals surface area contributed by atoms with Crippen LogP contribution in [0.2, 0.25) is 0 Å². The summed E-state index contributed by atoms with van der Waals surface area (Å²) in [5, 5.41) is 0. The van der Waals surface area contributed by atoms with E-state index in [0.29, 0.717) is 12.0 Å². The summed E-state index contributed by atoms with van der Waals surface area (Å²) in [6.07, 6.45) is 6.14. The van der Waals surface area contributed by atoms with Crippen LogP contribution >= 0.6 is 0 Å². The van der Waals surface area contributed by atoms with Gasteiger partial charge in [0.05, 0.1) is 10.9 Å². The van der Waals surface area contributed by atoms with Gasteiger partial charge in [-0.15, -0.1) is 0 Å². The maximum Gasteiger partial charge on any atom is 0.386 e. The lowest BCUT2D eigenvalue weighted by Gasteiger charge is -2.15. The van der Waals surface area contributed by atoms with Crippen LogP contribution in [0.5, 0.6) is 0 Å². The fourth-order valence-electron chi connectivity index (χ4n) is 2.33. The molecule has 24 heavy (non-hydrogen) atoms. The Hall–Kier alpha value is -2.13. The van der Waals surface area contributed by atoms with E-state index in [-0.39, 0.29) is 10.9 Å². The summed E-state index contributed by atoms with van der Waals surface area (Å²) in [4.78, 5) is 6.65. The summed E-state index contributed by atoms with van der Waals surface area (Å²) < 4.78 is 31.2. The first-order valence-corrected chi connectivity index (χ1v) is 9.10. The van der Waals surface area contributed by atoms with E-state index in [1.807, 2.05) is 6.92 Å². The highest BCUT2D eigenvalue weighted by Gasteiger charge is 2.14. The van der Waals surface area contributed by atoms with Crippen molar-refractivity contribution in [3.63, 3.8) is 0 Å². The van der Waals surface area contributed by atoms with Crippen LogP contribution in [0.3, 0.4) is 0 Å². The van der Waals surface area contributed by atoms with E-state index in [9.17, 15) is 13.0 Å². The number of aryl methyl sites for hydroxylation is 1. The van der Waals surface area contributed by atoms with Crippen LogP contribution in [-0.4, -0.2) is 30.9 Å². The Labute approximate surface area is 142 Å². The molecule has 0 unspecified atom stereocenters. The quantitative estimate of drug-likeness (QED) is 0.298. The van der Waals surface area contributed by atoms with Crippen LogP contribution in [-0.2, 0) is 10.1 Å². The van der Waals surface area contributed by atoms with Crippen molar-refractivity contribution in [1.82, 2.24) is 0 Å². The van der Waals surface area contributed by atoms with Gasteiger partial charge in [0.1, 0.15) is 10.1 Å². The maximum atomic E-state index is 10.4. The minimum atomic E-state index is -4.27. The SMILES string of the molecule is Cc1ccc(S(=O)(=O)[O-])cc1.NC(N)=NC(N)=[NH+]C1CCCCC1. The van der Waals surface area contributed by atoms with E-state index < -0.39 is 10.1 Å². The first kappa shape index (κ1) is 19.9. The average molecular weight is 355 g/mol. The molecule has 0 spiro atoms. The van der Waals surface area contributed by atoms with Gasteiger partial charge in [-0.3, -0.25) is 10.7 Å². The van der Waals surface area contributed by atoms with Crippen molar-refractivity contribution in [2.75, 3.05) is 0 Å². The van der Waals surface area contributed by atoms with E-state index in [2.05, 4.69) is 9.98 Å². The zero-order chi connectivity index (χ0) is 18.2. The number of benzene rings is 1. The predicted molar refractivity (Wildman–Crippen MR) is 92.0 cm³/mol. The lowest BCUT2D eigenvalue weighted by atomic mass is 9.96. The molecule has 134 valence electrons. The van der Waals surface area contributed by atoms with Gasteiger partial charge in [0.25, 0.3) is 5.96 Å². The molecule has 7 N–H and O–H groups in total. The van der Waals surface area contributed by atoms with Gasteiger partial charge in [-0.05, 0) is 36.9 Å². The van der Waals surface area contributed by atoms with Gasteiger partial charge < -0.3 is 16.0 Å². The topological polar surface area (TPSA) is 162 Å². The van der Waals surface area contributed by atoms with Crippen molar-refractivity contribution in [2.24, 2.45) is 22.2 Å². The van der Waals surface area contributed by atoms with Crippen LogP contribution in [0.15, 0.2) is 34.2 Å². The van der Waals surface area contributed by atoms with Crippen molar-refractivity contribution in [1.29, 1.82) is 0 Å². The molecule has 0 amide bonds. The number of nitrogens with one attached hydrogen (secondary N) is 1. The van der Waals surface area contributed by atoms with E-state index in [1.54, 1.807) is 12.1 Å². The molecule has 1 aliphatic carbocycles. The highest BCUT2D eigenvalue weighted by Crippen LogP contribution is 2.14. The molecule has 0 saturated heterocycles. The normalized spacial score (nSPS) is 16.0. The number of guanidine groups is 2. The smallest absolute Gasteiger partial charge is 0.386 e. The second-order valence-corrected chi connectivity index (χ2v) is 7.05. The third-order valence-corrected chi connectivity index (χ3v) is 4.37. The molecule has 8 nitrogen and oxygen atoms in total. The third-order valence-electron chi connectivity index (χ3n) is 3.52.